The van der Waals surface area contributed by atoms with E-state index in [1.807, 2.05) is 17.7 Å². The minimum atomic E-state index is -0.798. The predicted molar refractivity (Wildman–Crippen MR) is 92.0 cm³/mol. The van der Waals surface area contributed by atoms with E-state index in [-0.39, 0.29) is 18.2 Å². The number of amides is 2. The average Bonchev–Trinajstić information content (AvgIpc) is 2.86. The van der Waals surface area contributed by atoms with Crippen molar-refractivity contribution in [3.05, 3.63) is 18.2 Å². The predicted octanol–water partition coefficient (Wildman–Crippen LogP) is 0.352. The summed E-state index contributed by atoms with van der Waals surface area (Å²) in [4.78, 5) is 29.9. The Balaban J connectivity index is 1.81. The fraction of sp³-hybridized carbons (Fsp3) is 0.706. The molecule has 1 atom stereocenters. The van der Waals surface area contributed by atoms with Gasteiger partial charge in [0.1, 0.15) is 11.4 Å². The number of imidazole rings is 1. The highest BCUT2D eigenvalue weighted by Gasteiger charge is 2.37. The normalized spacial score (nSPS) is 21.0. The van der Waals surface area contributed by atoms with Gasteiger partial charge in [0, 0.05) is 46.1 Å². The number of hydrogen-bond acceptors (Lipinski definition) is 5. The van der Waals surface area contributed by atoms with Gasteiger partial charge in [-0.05, 0) is 13.3 Å². The van der Waals surface area contributed by atoms with Gasteiger partial charge in [0.25, 0.3) is 0 Å². The largest absolute Gasteiger partial charge is 0.377 e. The number of hydrogen-bond donors (Lipinski definition) is 1. The molecule has 2 heterocycles. The molecule has 8 heteroatoms. The molecule has 1 saturated heterocycles. The van der Waals surface area contributed by atoms with Crippen molar-refractivity contribution in [3.63, 3.8) is 0 Å². The summed E-state index contributed by atoms with van der Waals surface area (Å²) in [6.45, 7) is 6.49. The highest BCUT2D eigenvalue weighted by molar-refractivity contribution is 5.77. The van der Waals surface area contributed by atoms with E-state index in [0.29, 0.717) is 32.8 Å². The molecule has 1 fully saturated rings. The number of methoxy groups -OCH3 is 1. The molecule has 0 radical (unpaired) electrons. The molecule has 1 N–H and O–H groups in total. The average molecular weight is 352 g/mol. The zero-order chi connectivity index (χ0) is 18.3. The Morgan fingerprint density at radius 1 is 1.48 bits per heavy atom. The van der Waals surface area contributed by atoms with Gasteiger partial charge in [-0.25, -0.2) is 4.98 Å². The lowest BCUT2D eigenvalue weighted by Gasteiger charge is -2.33. The van der Waals surface area contributed by atoms with Crippen LogP contribution in [0.5, 0.6) is 0 Å². The third kappa shape index (κ3) is 5.54. The molecule has 1 aromatic rings. The molecule has 1 aliphatic heterocycles. The lowest BCUT2D eigenvalue weighted by atomic mass is 9.99. The van der Waals surface area contributed by atoms with E-state index in [0.717, 1.165) is 18.8 Å². The van der Waals surface area contributed by atoms with Gasteiger partial charge in [-0.3, -0.25) is 9.59 Å². The number of rotatable bonds is 7. The van der Waals surface area contributed by atoms with Crippen molar-refractivity contribution in [2.24, 2.45) is 0 Å². The number of nitrogens with zero attached hydrogens (tertiary/aromatic N) is 3. The van der Waals surface area contributed by atoms with Gasteiger partial charge in [-0.1, -0.05) is 0 Å². The Kier molecular flexibility index (Phi) is 6.95. The monoisotopic (exact) mass is 352 g/mol. The third-order valence-electron chi connectivity index (χ3n) is 4.53. The molecule has 8 nitrogen and oxygen atoms in total. The first kappa shape index (κ1) is 19.4. The van der Waals surface area contributed by atoms with Crippen molar-refractivity contribution in [1.82, 2.24) is 19.8 Å². The molecule has 1 unspecified atom stereocenters. The molecule has 25 heavy (non-hydrogen) atoms. The minimum Gasteiger partial charge on any atom is -0.377 e. The van der Waals surface area contributed by atoms with Crippen LogP contribution in [0, 0.1) is 6.92 Å². The van der Waals surface area contributed by atoms with E-state index in [1.54, 1.807) is 18.2 Å². The van der Waals surface area contributed by atoms with Crippen LogP contribution in [-0.4, -0.2) is 71.8 Å². The van der Waals surface area contributed by atoms with Crippen LogP contribution in [0.15, 0.2) is 12.4 Å². The molecule has 2 amide bonds. The Bertz CT molecular complexity index is 589. The maximum absolute atomic E-state index is 12.3. The summed E-state index contributed by atoms with van der Waals surface area (Å²) in [6, 6.07) is 0. The Labute approximate surface area is 148 Å². The number of aromatic nitrogens is 2. The van der Waals surface area contributed by atoms with Crippen molar-refractivity contribution in [2.45, 2.75) is 38.8 Å². The maximum atomic E-state index is 12.3. The van der Waals surface area contributed by atoms with E-state index in [1.165, 1.54) is 6.92 Å². The number of carbonyl (C=O) groups is 2. The topological polar surface area (TPSA) is 85.7 Å². The van der Waals surface area contributed by atoms with Gasteiger partial charge in [-0.15, -0.1) is 0 Å². The molecule has 1 aliphatic rings. The van der Waals surface area contributed by atoms with E-state index < -0.39 is 5.60 Å². The second-order valence-electron chi connectivity index (χ2n) is 6.43. The molecule has 0 bridgehead atoms. The molecule has 0 spiro atoms. The van der Waals surface area contributed by atoms with Crippen LogP contribution >= 0.6 is 0 Å². The van der Waals surface area contributed by atoms with Crippen molar-refractivity contribution in [2.75, 3.05) is 40.0 Å². The summed E-state index contributed by atoms with van der Waals surface area (Å²) in [7, 11) is 1.56. The second-order valence-corrected chi connectivity index (χ2v) is 6.43. The summed E-state index contributed by atoms with van der Waals surface area (Å²) >= 11 is 0. The summed E-state index contributed by atoms with van der Waals surface area (Å²) in [5.41, 5.74) is -0.798. The van der Waals surface area contributed by atoms with Gasteiger partial charge < -0.3 is 24.3 Å². The first-order valence-corrected chi connectivity index (χ1v) is 8.58. The lowest BCUT2D eigenvalue weighted by Crippen LogP contribution is -2.50. The highest BCUT2D eigenvalue weighted by atomic mass is 16.5. The van der Waals surface area contributed by atoms with E-state index in [9.17, 15) is 9.59 Å². The fourth-order valence-electron chi connectivity index (χ4n) is 2.95. The maximum Gasteiger partial charge on any atom is 0.223 e. The van der Waals surface area contributed by atoms with Crippen LogP contribution in [0.25, 0.3) is 0 Å². The molecule has 140 valence electrons. The van der Waals surface area contributed by atoms with Crippen LogP contribution in [-0.2, 0) is 25.6 Å². The standard InChI is InChI=1S/C17H28N4O4/c1-14-18-6-8-20(14)7-4-5-19-16(23)11-17(24-3)12-21(15(2)22)9-10-25-13-17/h6,8H,4-5,7,9-13H2,1-3H3,(H,19,23). The van der Waals surface area contributed by atoms with Crippen LogP contribution in [0.2, 0.25) is 0 Å². The second kappa shape index (κ2) is 8.96. The van der Waals surface area contributed by atoms with E-state index >= 15 is 0 Å². The van der Waals surface area contributed by atoms with E-state index in [4.69, 9.17) is 9.47 Å². The van der Waals surface area contributed by atoms with Crippen molar-refractivity contribution in [3.8, 4) is 0 Å². The smallest absolute Gasteiger partial charge is 0.223 e. The van der Waals surface area contributed by atoms with Crippen molar-refractivity contribution >= 4 is 11.8 Å². The summed E-state index contributed by atoms with van der Waals surface area (Å²) in [5.74, 6) is 0.825. The number of aryl methyl sites for hydroxylation is 2. The molecular formula is C17H28N4O4. The number of ether oxygens (including phenoxy) is 2. The van der Waals surface area contributed by atoms with Crippen LogP contribution in [0.3, 0.4) is 0 Å². The quantitative estimate of drug-likeness (QED) is 0.716. The summed E-state index contributed by atoms with van der Waals surface area (Å²) in [6.07, 6.45) is 4.68. The molecular weight excluding hydrogens is 324 g/mol. The lowest BCUT2D eigenvalue weighted by molar-refractivity contribution is -0.139. The molecule has 2 rings (SSSR count). The number of nitrogens with one attached hydrogen (secondary N) is 1. The van der Waals surface area contributed by atoms with Crippen LogP contribution in [0.4, 0.5) is 0 Å². The Morgan fingerprint density at radius 3 is 2.92 bits per heavy atom. The summed E-state index contributed by atoms with van der Waals surface area (Å²) in [5, 5.41) is 2.92. The first-order chi connectivity index (χ1) is 12.0. The van der Waals surface area contributed by atoms with E-state index in [2.05, 4.69) is 10.3 Å². The van der Waals surface area contributed by atoms with Crippen LogP contribution < -0.4 is 5.32 Å². The summed E-state index contributed by atoms with van der Waals surface area (Å²) < 4.78 is 13.2. The highest BCUT2D eigenvalue weighted by Crippen LogP contribution is 2.21. The van der Waals surface area contributed by atoms with Gasteiger partial charge >= 0.3 is 0 Å². The Morgan fingerprint density at radius 2 is 2.28 bits per heavy atom. The van der Waals surface area contributed by atoms with Gasteiger partial charge in [-0.2, -0.15) is 0 Å². The van der Waals surface area contributed by atoms with Gasteiger partial charge in [0.15, 0.2) is 0 Å². The van der Waals surface area contributed by atoms with Crippen molar-refractivity contribution in [1.29, 1.82) is 0 Å². The third-order valence-corrected chi connectivity index (χ3v) is 4.53. The fourth-order valence-corrected chi connectivity index (χ4v) is 2.95. The van der Waals surface area contributed by atoms with Crippen LogP contribution in [0.1, 0.15) is 25.6 Å². The molecule has 0 aliphatic carbocycles. The van der Waals surface area contributed by atoms with Gasteiger partial charge in [0.05, 0.1) is 26.2 Å². The molecule has 0 saturated carbocycles. The SMILES string of the molecule is COC1(CC(=O)NCCCn2ccnc2C)COCCN(C(C)=O)C1. The number of carbonyl (C=O) groups excluding carboxylic acids is 2. The molecule has 1 aromatic heterocycles. The zero-order valence-corrected chi connectivity index (χ0v) is 15.3. The minimum absolute atomic E-state index is 0.0389. The zero-order valence-electron chi connectivity index (χ0n) is 15.3. The molecule has 0 aromatic carbocycles. The van der Waals surface area contributed by atoms with Crippen molar-refractivity contribution < 1.29 is 19.1 Å². The first-order valence-electron chi connectivity index (χ1n) is 8.58. The Hall–Kier alpha value is -1.93. The van der Waals surface area contributed by atoms with Gasteiger partial charge in [0.2, 0.25) is 11.8 Å².